The van der Waals surface area contributed by atoms with Gasteiger partial charge in [-0.25, -0.2) is 0 Å². The van der Waals surface area contributed by atoms with Crippen LogP contribution in [0.25, 0.3) is 16.5 Å². The topological polar surface area (TPSA) is 28.1 Å². The van der Waals surface area contributed by atoms with E-state index in [1.165, 1.54) is 16.5 Å². The number of hydrogen-bond donors (Lipinski definition) is 1. The van der Waals surface area contributed by atoms with E-state index < -0.39 is 0 Å². The molecule has 0 radical (unpaired) electrons. The first-order chi connectivity index (χ1) is 7.88. The molecular weight excluding hydrogens is 216 g/mol. The number of hydrogen-bond acceptors (Lipinski definition) is 2. The van der Waals surface area contributed by atoms with E-state index >= 15 is 0 Å². The fraction of sp³-hybridized carbons (Fsp3) is 0.0769. The van der Waals surface area contributed by atoms with Crippen molar-refractivity contribution in [3.05, 3.63) is 41.7 Å². The lowest BCUT2D eigenvalue weighted by Crippen LogP contribution is -1.82. The number of fused-ring (bicyclic) bond motifs is 1. The number of aromatic nitrogens is 1. The van der Waals surface area contributed by atoms with Crippen LogP contribution in [0.4, 0.5) is 0 Å². The summed E-state index contributed by atoms with van der Waals surface area (Å²) in [6.07, 6.45) is 6.80. The summed E-state index contributed by atoms with van der Waals surface area (Å²) in [6, 6.07) is 6.20. The lowest BCUT2D eigenvalue weighted by molar-refractivity contribution is 1.45. The number of aromatic amines is 1. The van der Waals surface area contributed by atoms with Gasteiger partial charge >= 0.3 is 0 Å². The number of H-pyrrole nitrogens is 1. The van der Waals surface area contributed by atoms with Crippen molar-refractivity contribution in [3.8, 4) is 0 Å². The first-order valence-electron chi connectivity index (χ1n) is 5.16. The number of nitrogens with zero attached hydrogens (tertiary/aromatic N) is 1. The molecule has 0 unspecified atom stereocenters. The summed E-state index contributed by atoms with van der Waals surface area (Å²) in [6.45, 7) is 0. The molecule has 0 spiro atoms. The summed E-state index contributed by atoms with van der Waals surface area (Å²) in [5, 5.41) is 2.92. The molecule has 3 heteroatoms. The highest BCUT2D eigenvalue weighted by atomic mass is 32.1. The van der Waals surface area contributed by atoms with Gasteiger partial charge in [0.25, 0.3) is 0 Å². The van der Waals surface area contributed by atoms with Gasteiger partial charge in [0, 0.05) is 46.9 Å². The predicted molar refractivity (Wildman–Crippen MR) is 72.1 cm³/mol. The molecule has 0 amide bonds. The lowest BCUT2D eigenvalue weighted by atomic mass is 10.0. The minimum atomic E-state index is 0.911. The van der Waals surface area contributed by atoms with Crippen molar-refractivity contribution in [2.75, 3.05) is 0 Å². The van der Waals surface area contributed by atoms with E-state index in [1.807, 2.05) is 24.7 Å². The number of benzene rings is 1. The Morgan fingerprint density at radius 3 is 3.06 bits per heavy atom. The molecule has 0 saturated heterocycles. The fourth-order valence-corrected chi connectivity index (χ4v) is 2.15. The Morgan fingerprint density at radius 2 is 2.31 bits per heavy atom. The number of aliphatic imine (C=N–C) groups is 1. The van der Waals surface area contributed by atoms with Gasteiger partial charge in [0.05, 0.1) is 0 Å². The number of thiocarbonyl (C=S) groups is 1. The third kappa shape index (κ3) is 1.41. The molecule has 3 rings (SSSR count). The van der Waals surface area contributed by atoms with Gasteiger partial charge in [-0.2, -0.15) is 0 Å². The van der Waals surface area contributed by atoms with Crippen molar-refractivity contribution in [1.82, 2.24) is 4.98 Å². The number of nitrogens with one attached hydrogen (secondary N) is 1. The molecule has 1 aliphatic rings. The second-order valence-electron chi connectivity index (χ2n) is 3.82. The van der Waals surface area contributed by atoms with E-state index in [-0.39, 0.29) is 0 Å². The minimum absolute atomic E-state index is 0.911. The van der Waals surface area contributed by atoms with E-state index in [4.69, 9.17) is 12.2 Å². The Hall–Kier alpha value is -1.74. The fourth-order valence-electron chi connectivity index (χ4n) is 2.00. The second kappa shape index (κ2) is 3.68. The monoisotopic (exact) mass is 226 g/mol. The van der Waals surface area contributed by atoms with Gasteiger partial charge in [-0.05, 0) is 23.3 Å². The molecule has 1 N–H and O–H groups in total. The maximum Gasteiger partial charge on any atom is 0.0460 e. The maximum atomic E-state index is 4.96. The summed E-state index contributed by atoms with van der Waals surface area (Å²) in [5.41, 5.74) is 4.70. The van der Waals surface area contributed by atoms with Crippen LogP contribution in [-0.2, 0) is 0 Å². The third-order valence-corrected chi connectivity index (χ3v) is 3.11. The van der Waals surface area contributed by atoms with Crippen LogP contribution >= 0.6 is 12.2 Å². The van der Waals surface area contributed by atoms with Gasteiger partial charge in [-0.1, -0.05) is 18.3 Å². The van der Waals surface area contributed by atoms with Crippen molar-refractivity contribution in [2.45, 2.75) is 6.42 Å². The first-order valence-corrected chi connectivity index (χ1v) is 5.63. The maximum absolute atomic E-state index is 4.96. The van der Waals surface area contributed by atoms with Crippen LogP contribution in [0.1, 0.15) is 17.5 Å². The largest absolute Gasteiger partial charge is 0.361 e. The van der Waals surface area contributed by atoms with E-state index in [2.05, 4.69) is 22.1 Å². The number of rotatable bonds is 2. The highest BCUT2D eigenvalue weighted by Gasteiger charge is 2.10. The Morgan fingerprint density at radius 1 is 1.38 bits per heavy atom. The Balaban J connectivity index is 2.21. The van der Waals surface area contributed by atoms with E-state index in [9.17, 15) is 0 Å². The van der Waals surface area contributed by atoms with Crippen LogP contribution in [0.15, 0.2) is 35.6 Å². The normalized spacial score (nSPS) is 14.4. The van der Waals surface area contributed by atoms with Gasteiger partial charge in [0.2, 0.25) is 0 Å². The van der Waals surface area contributed by atoms with Crippen molar-refractivity contribution < 1.29 is 0 Å². The highest BCUT2D eigenvalue weighted by Crippen LogP contribution is 2.28. The standard InChI is InChI=1S/C13H10N2S/c16-8-9-1-2-13-11(5-9)12(7-15-13)10-3-4-14-6-10/h1-2,4-8,15H,3H2. The predicted octanol–water partition coefficient (Wildman–Crippen LogP) is 3.33. The molecule has 0 fully saturated rings. The molecule has 0 aliphatic carbocycles. The van der Waals surface area contributed by atoms with Gasteiger partial charge in [-0.3, -0.25) is 4.99 Å². The van der Waals surface area contributed by atoms with Crippen LogP contribution in [0.3, 0.4) is 0 Å². The quantitative estimate of drug-likeness (QED) is 0.782. The molecule has 2 heterocycles. The smallest absolute Gasteiger partial charge is 0.0460 e. The molecule has 1 aromatic heterocycles. The SMILES string of the molecule is S=Cc1ccc2[nH]cc(C3=CN=CC3)c2c1. The summed E-state index contributed by atoms with van der Waals surface area (Å²) in [5.74, 6) is 0. The number of allylic oxidation sites excluding steroid dienone is 1. The van der Waals surface area contributed by atoms with Crippen molar-refractivity contribution in [2.24, 2.45) is 4.99 Å². The summed E-state index contributed by atoms with van der Waals surface area (Å²) in [4.78, 5) is 7.41. The van der Waals surface area contributed by atoms with Crippen molar-refractivity contribution >= 4 is 40.3 Å². The van der Waals surface area contributed by atoms with Crippen LogP contribution in [0.5, 0.6) is 0 Å². The zero-order valence-corrected chi connectivity index (χ0v) is 9.42. The van der Waals surface area contributed by atoms with Crippen molar-refractivity contribution in [3.63, 3.8) is 0 Å². The molecule has 2 nitrogen and oxygen atoms in total. The molecular formula is C13H10N2S. The Kier molecular flexibility index (Phi) is 2.18. The van der Waals surface area contributed by atoms with E-state index in [0.717, 1.165) is 17.5 Å². The molecule has 16 heavy (non-hydrogen) atoms. The summed E-state index contributed by atoms with van der Waals surface area (Å²) >= 11 is 4.96. The summed E-state index contributed by atoms with van der Waals surface area (Å²) in [7, 11) is 0. The zero-order valence-electron chi connectivity index (χ0n) is 8.60. The van der Waals surface area contributed by atoms with Crippen LogP contribution in [0, 0.1) is 0 Å². The van der Waals surface area contributed by atoms with Crippen LogP contribution < -0.4 is 0 Å². The van der Waals surface area contributed by atoms with Gasteiger partial charge in [0.1, 0.15) is 0 Å². The molecule has 1 aliphatic heterocycles. The molecule has 0 atom stereocenters. The van der Waals surface area contributed by atoms with Crippen molar-refractivity contribution in [1.29, 1.82) is 0 Å². The van der Waals surface area contributed by atoms with Crippen LogP contribution in [-0.4, -0.2) is 16.6 Å². The second-order valence-corrected chi connectivity index (χ2v) is 4.05. The average molecular weight is 226 g/mol. The molecule has 1 aromatic carbocycles. The van der Waals surface area contributed by atoms with Gasteiger partial charge in [0.15, 0.2) is 0 Å². The molecule has 0 bridgehead atoms. The lowest BCUT2D eigenvalue weighted by Gasteiger charge is -1.99. The third-order valence-electron chi connectivity index (χ3n) is 2.83. The van der Waals surface area contributed by atoms with E-state index in [0.29, 0.717) is 0 Å². The average Bonchev–Trinajstić information content (AvgIpc) is 2.96. The van der Waals surface area contributed by atoms with Gasteiger partial charge < -0.3 is 4.98 Å². The first kappa shape index (κ1) is 9.48. The molecule has 0 saturated carbocycles. The van der Waals surface area contributed by atoms with Crippen LogP contribution in [0.2, 0.25) is 0 Å². The highest BCUT2D eigenvalue weighted by molar-refractivity contribution is 7.79. The zero-order chi connectivity index (χ0) is 11.0. The minimum Gasteiger partial charge on any atom is -0.361 e. The Bertz CT molecular complexity index is 620. The summed E-state index contributed by atoms with van der Waals surface area (Å²) < 4.78 is 0. The molecule has 78 valence electrons. The molecule has 2 aromatic rings. The van der Waals surface area contributed by atoms with Gasteiger partial charge in [-0.15, -0.1) is 0 Å². The Labute approximate surface area is 98.7 Å². The van der Waals surface area contributed by atoms with E-state index in [1.54, 1.807) is 5.37 Å².